The molecule has 0 aliphatic rings. The molecule has 0 saturated heterocycles. The van der Waals surface area contributed by atoms with Gasteiger partial charge in [0.1, 0.15) is 11.0 Å². The summed E-state index contributed by atoms with van der Waals surface area (Å²) in [5.74, 6) is -0.822. The second-order valence-corrected chi connectivity index (χ2v) is 10.6. The zero-order chi connectivity index (χ0) is 28.5. The summed E-state index contributed by atoms with van der Waals surface area (Å²) in [6.45, 7) is -0.225. The number of hydrogen-bond donors (Lipinski definition) is 0. The Morgan fingerprint density at radius 2 is 1.12 bits per heavy atom. The number of fused-ring (bicyclic) bond motifs is 1. The highest BCUT2D eigenvalue weighted by molar-refractivity contribution is 7.88. The lowest BCUT2D eigenvalue weighted by Gasteiger charge is -2.15. The summed E-state index contributed by atoms with van der Waals surface area (Å²) in [5.41, 5.74) is -5.55. The summed E-state index contributed by atoms with van der Waals surface area (Å²) in [4.78, 5) is 27.6. The molecule has 0 saturated carbocycles. The van der Waals surface area contributed by atoms with Crippen molar-refractivity contribution in [3.63, 3.8) is 0 Å². The van der Waals surface area contributed by atoms with Crippen LogP contribution in [-0.2, 0) is 29.8 Å². The molecule has 206 valence electrons. The fourth-order valence-corrected chi connectivity index (χ4v) is 4.87. The van der Waals surface area contributed by atoms with Crippen LogP contribution in [0.15, 0.2) is 107 Å². The smallest absolute Gasteiger partial charge is 0.373 e. The first-order valence-electron chi connectivity index (χ1n) is 12.0. The molecule has 0 bridgehead atoms. The number of aromatic nitrogens is 3. The largest absolute Gasteiger partial charge is 0.534 e. The SMILES string of the molecule is O=c1c2c(OS(=O)(=O)C(F)(F)F)cn(Cc3ccccc3)c2n(Cc2ccccc2)c(=O)n1Cc1ccccc1. The van der Waals surface area contributed by atoms with Crippen molar-refractivity contribution in [2.75, 3.05) is 0 Å². The Morgan fingerprint density at radius 1 is 0.675 bits per heavy atom. The van der Waals surface area contributed by atoms with Gasteiger partial charge in [-0.05, 0) is 16.7 Å². The van der Waals surface area contributed by atoms with Gasteiger partial charge in [0.15, 0.2) is 5.75 Å². The quantitative estimate of drug-likeness (QED) is 0.205. The molecule has 2 heterocycles. The van der Waals surface area contributed by atoms with Gasteiger partial charge in [-0.15, -0.1) is 0 Å². The van der Waals surface area contributed by atoms with Gasteiger partial charge in [-0.25, -0.2) is 4.79 Å². The minimum absolute atomic E-state index is 0.0170. The lowest BCUT2D eigenvalue weighted by Crippen LogP contribution is -2.41. The molecule has 3 aromatic carbocycles. The molecule has 5 rings (SSSR count). The van der Waals surface area contributed by atoms with Crippen molar-refractivity contribution in [1.82, 2.24) is 13.7 Å². The maximum atomic E-state index is 13.8. The molecule has 0 aliphatic heterocycles. The predicted octanol–water partition coefficient (Wildman–Crippen LogP) is 4.34. The molecule has 0 unspecified atom stereocenters. The molecule has 0 amide bonds. The lowest BCUT2D eigenvalue weighted by molar-refractivity contribution is -0.0499. The Labute approximate surface area is 226 Å². The highest BCUT2D eigenvalue weighted by atomic mass is 32.2. The van der Waals surface area contributed by atoms with Crippen LogP contribution in [0.3, 0.4) is 0 Å². The molecule has 0 radical (unpaired) electrons. The number of alkyl halides is 3. The Hall–Kier alpha value is -4.58. The maximum Gasteiger partial charge on any atom is 0.534 e. The first-order chi connectivity index (χ1) is 19.0. The summed E-state index contributed by atoms with van der Waals surface area (Å²) in [6.07, 6.45) is 1.01. The third-order valence-electron chi connectivity index (χ3n) is 6.24. The molecule has 8 nitrogen and oxygen atoms in total. The monoisotopic (exact) mass is 569 g/mol. The lowest BCUT2D eigenvalue weighted by atomic mass is 10.2. The van der Waals surface area contributed by atoms with E-state index in [1.54, 1.807) is 91.0 Å². The van der Waals surface area contributed by atoms with Crippen LogP contribution in [0.4, 0.5) is 13.2 Å². The van der Waals surface area contributed by atoms with E-state index in [2.05, 4.69) is 4.18 Å². The van der Waals surface area contributed by atoms with Crippen molar-refractivity contribution in [2.45, 2.75) is 25.1 Å². The molecular formula is C28H22F3N3O5S. The van der Waals surface area contributed by atoms with Crippen LogP contribution in [0.2, 0.25) is 0 Å². The molecule has 0 aliphatic carbocycles. The van der Waals surface area contributed by atoms with Crippen molar-refractivity contribution >= 4 is 21.2 Å². The zero-order valence-corrected chi connectivity index (χ0v) is 21.6. The van der Waals surface area contributed by atoms with E-state index in [4.69, 9.17) is 0 Å². The summed E-state index contributed by atoms with van der Waals surface area (Å²) < 4.78 is 72.0. The van der Waals surface area contributed by atoms with Crippen molar-refractivity contribution in [1.29, 1.82) is 0 Å². The zero-order valence-electron chi connectivity index (χ0n) is 20.8. The summed E-state index contributed by atoms with van der Waals surface area (Å²) in [6, 6.07) is 26.1. The summed E-state index contributed by atoms with van der Waals surface area (Å²) in [5, 5.41) is -0.463. The Kier molecular flexibility index (Phi) is 7.11. The van der Waals surface area contributed by atoms with E-state index in [9.17, 15) is 31.2 Å². The van der Waals surface area contributed by atoms with E-state index in [0.29, 0.717) is 16.7 Å². The fraction of sp³-hybridized carbons (Fsp3) is 0.143. The Balaban J connectivity index is 1.82. The van der Waals surface area contributed by atoms with Gasteiger partial charge in [-0.1, -0.05) is 91.0 Å². The van der Waals surface area contributed by atoms with Gasteiger partial charge in [-0.3, -0.25) is 13.9 Å². The minimum atomic E-state index is -6.12. The van der Waals surface area contributed by atoms with E-state index in [0.717, 1.165) is 10.8 Å². The molecule has 12 heteroatoms. The Bertz CT molecular complexity index is 1880. The van der Waals surface area contributed by atoms with E-state index >= 15 is 0 Å². The Morgan fingerprint density at radius 3 is 1.60 bits per heavy atom. The maximum absolute atomic E-state index is 13.8. The van der Waals surface area contributed by atoms with Crippen molar-refractivity contribution in [3.05, 3.63) is 135 Å². The average molecular weight is 570 g/mol. The molecule has 0 N–H and O–H groups in total. The molecule has 0 spiro atoms. The second kappa shape index (κ2) is 10.5. The third kappa shape index (κ3) is 5.30. The normalized spacial score (nSPS) is 12.1. The number of benzene rings is 3. The first kappa shape index (κ1) is 27.0. The summed E-state index contributed by atoms with van der Waals surface area (Å²) >= 11 is 0. The van der Waals surface area contributed by atoms with Gasteiger partial charge in [0.05, 0.1) is 19.3 Å². The van der Waals surface area contributed by atoms with Crippen molar-refractivity contribution < 1.29 is 25.8 Å². The predicted molar refractivity (Wildman–Crippen MR) is 143 cm³/mol. The van der Waals surface area contributed by atoms with Gasteiger partial charge in [-0.2, -0.15) is 21.6 Å². The van der Waals surface area contributed by atoms with Crippen molar-refractivity contribution in [3.8, 4) is 5.75 Å². The third-order valence-corrected chi connectivity index (χ3v) is 7.20. The van der Waals surface area contributed by atoms with Crippen LogP contribution in [0.5, 0.6) is 5.75 Å². The van der Waals surface area contributed by atoms with Crippen LogP contribution >= 0.6 is 0 Å². The highest BCUT2D eigenvalue weighted by Crippen LogP contribution is 2.32. The standard InChI is InChI=1S/C28H22F3N3O5S/c29-28(30,31)40(37,38)39-23-19-32(16-20-10-4-1-5-11-20)25-24(23)26(35)34(18-22-14-8-3-9-15-22)27(36)33(25)17-21-12-6-2-7-13-21/h1-15,19H,16-18H2. The van der Waals surface area contributed by atoms with Crippen LogP contribution < -0.4 is 15.4 Å². The molecule has 0 fully saturated rings. The molecule has 40 heavy (non-hydrogen) atoms. The van der Waals surface area contributed by atoms with Crippen LogP contribution in [0, 0.1) is 0 Å². The molecule has 5 aromatic rings. The molecular weight excluding hydrogens is 547 g/mol. The average Bonchev–Trinajstić information content (AvgIpc) is 3.26. The van der Waals surface area contributed by atoms with E-state index in [1.165, 1.54) is 9.13 Å². The van der Waals surface area contributed by atoms with Gasteiger partial charge in [0.25, 0.3) is 5.56 Å². The van der Waals surface area contributed by atoms with Crippen molar-refractivity contribution in [2.24, 2.45) is 0 Å². The molecule has 0 atom stereocenters. The van der Waals surface area contributed by atoms with E-state index < -0.39 is 38.0 Å². The first-order valence-corrected chi connectivity index (χ1v) is 13.4. The number of halogens is 3. The van der Waals surface area contributed by atoms with Crippen LogP contribution in [-0.4, -0.2) is 27.6 Å². The fourth-order valence-electron chi connectivity index (χ4n) is 4.41. The summed E-state index contributed by atoms with van der Waals surface area (Å²) in [7, 11) is -6.12. The van der Waals surface area contributed by atoms with E-state index in [1.807, 2.05) is 0 Å². The minimum Gasteiger partial charge on any atom is -0.373 e. The number of rotatable bonds is 8. The number of hydrogen-bond acceptors (Lipinski definition) is 5. The van der Waals surface area contributed by atoms with Gasteiger partial charge >= 0.3 is 21.3 Å². The van der Waals surface area contributed by atoms with Crippen LogP contribution in [0.1, 0.15) is 16.7 Å². The van der Waals surface area contributed by atoms with Gasteiger partial charge in [0, 0.05) is 6.54 Å². The van der Waals surface area contributed by atoms with Gasteiger partial charge in [0.2, 0.25) is 0 Å². The van der Waals surface area contributed by atoms with E-state index in [-0.39, 0.29) is 25.3 Å². The molecule has 2 aromatic heterocycles. The number of nitrogens with zero attached hydrogens (tertiary/aromatic N) is 3. The van der Waals surface area contributed by atoms with Crippen LogP contribution in [0.25, 0.3) is 11.0 Å². The van der Waals surface area contributed by atoms with Gasteiger partial charge < -0.3 is 8.75 Å². The highest BCUT2D eigenvalue weighted by Gasteiger charge is 2.49. The topological polar surface area (TPSA) is 92.3 Å². The second-order valence-electron chi connectivity index (χ2n) is 9.02.